The van der Waals surface area contributed by atoms with Crippen LogP contribution in [-0.4, -0.2) is 24.0 Å². The van der Waals surface area contributed by atoms with Gasteiger partial charge in [0.15, 0.2) is 0 Å². The fourth-order valence-corrected chi connectivity index (χ4v) is 2.37. The molecule has 2 N–H and O–H groups in total. The van der Waals surface area contributed by atoms with E-state index in [4.69, 9.17) is 0 Å². The van der Waals surface area contributed by atoms with Gasteiger partial charge in [0.05, 0.1) is 11.3 Å². The number of rotatable bonds is 6. The molecule has 0 fully saturated rings. The maximum atomic E-state index is 13.8. The van der Waals surface area contributed by atoms with E-state index in [-0.39, 0.29) is 16.9 Å². The van der Waals surface area contributed by atoms with Gasteiger partial charge in [0, 0.05) is 37.5 Å². The van der Waals surface area contributed by atoms with Gasteiger partial charge >= 0.3 is 6.18 Å². The molecule has 0 bridgehead atoms. The minimum atomic E-state index is -4.74. The van der Waals surface area contributed by atoms with Crippen LogP contribution in [0.15, 0.2) is 36.5 Å². The summed E-state index contributed by atoms with van der Waals surface area (Å²) in [4.78, 5) is 15.1. The van der Waals surface area contributed by atoms with Gasteiger partial charge < -0.3 is 10.6 Å². The Bertz CT molecular complexity index is 819. The maximum Gasteiger partial charge on any atom is 0.419 e. The number of alkyl halides is 3. The quantitative estimate of drug-likeness (QED) is 0.723. The second kappa shape index (κ2) is 7.94. The zero-order valence-electron chi connectivity index (χ0n) is 15.2. The Hall–Kier alpha value is -2.64. The lowest BCUT2D eigenvalue weighted by Crippen LogP contribution is -2.37. The number of benzene rings is 1. The van der Waals surface area contributed by atoms with Crippen LogP contribution in [0.3, 0.4) is 0 Å². The summed E-state index contributed by atoms with van der Waals surface area (Å²) in [5.74, 6) is -1.45. The highest BCUT2D eigenvalue weighted by atomic mass is 19.4. The monoisotopic (exact) mass is 383 g/mol. The Labute approximate surface area is 155 Å². The van der Waals surface area contributed by atoms with Gasteiger partial charge in [-0.05, 0) is 29.7 Å². The molecule has 0 saturated carbocycles. The first-order valence-corrected chi connectivity index (χ1v) is 8.29. The SMILES string of the molecule is CC(=O)NCC(C)(C)CNc1ccnc(-c2ccc(C(F)(F)F)c(F)c2)c1. The van der Waals surface area contributed by atoms with E-state index >= 15 is 0 Å². The number of nitrogens with zero attached hydrogens (tertiary/aromatic N) is 1. The van der Waals surface area contributed by atoms with Crippen LogP contribution in [0.4, 0.5) is 23.2 Å². The Kier molecular flexibility index (Phi) is 6.08. The molecule has 146 valence electrons. The maximum absolute atomic E-state index is 13.8. The molecular formula is C19H21F4N3O. The van der Waals surface area contributed by atoms with Crippen molar-refractivity contribution in [3.05, 3.63) is 47.9 Å². The third-order valence-electron chi connectivity index (χ3n) is 3.92. The fourth-order valence-electron chi connectivity index (χ4n) is 2.37. The number of nitrogens with one attached hydrogen (secondary N) is 2. The largest absolute Gasteiger partial charge is 0.419 e. The molecule has 0 aliphatic rings. The molecule has 0 spiro atoms. The average Bonchev–Trinajstić information content (AvgIpc) is 2.57. The zero-order chi connectivity index (χ0) is 20.2. The summed E-state index contributed by atoms with van der Waals surface area (Å²) < 4.78 is 51.8. The van der Waals surface area contributed by atoms with Crippen LogP contribution in [0.25, 0.3) is 11.3 Å². The van der Waals surface area contributed by atoms with Crippen molar-refractivity contribution in [1.82, 2.24) is 10.3 Å². The minimum absolute atomic E-state index is 0.112. The minimum Gasteiger partial charge on any atom is -0.384 e. The Balaban J connectivity index is 2.14. The van der Waals surface area contributed by atoms with Crippen molar-refractivity contribution in [2.75, 3.05) is 18.4 Å². The Morgan fingerprint density at radius 1 is 1.11 bits per heavy atom. The van der Waals surface area contributed by atoms with Gasteiger partial charge in [0.2, 0.25) is 5.91 Å². The van der Waals surface area contributed by atoms with Crippen molar-refractivity contribution in [2.45, 2.75) is 26.9 Å². The number of halogens is 4. The summed E-state index contributed by atoms with van der Waals surface area (Å²) in [7, 11) is 0. The third-order valence-corrected chi connectivity index (χ3v) is 3.92. The lowest BCUT2D eigenvalue weighted by molar-refractivity contribution is -0.140. The first-order chi connectivity index (χ1) is 12.5. The molecule has 1 heterocycles. The average molecular weight is 383 g/mol. The number of pyridine rings is 1. The van der Waals surface area contributed by atoms with E-state index in [0.29, 0.717) is 30.5 Å². The summed E-state index contributed by atoms with van der Waals surface area (Å²) in [5, 5.41) is 5.96. The zero-order valence-corrected chi connectivity index (χ0v) is 15.2. The molecule has 0 aliphatic carbocycles. The Morgan fingerprint density at radius 3 is 2.41 bits per heavy atom. The Morgan fingerprint density at radius 2 is 1.81 bits per heavy atom. The molecule has 0 saturated heterocycles. The third kappa shape index (κ3) is 5.94. The van der Waals surface area contributed by atoms with Crippen molar-refractivity contribution in [3.63, 3.8) is 0 Å². The van der Waals surface area contributed by atoms with Gasteiger partial charge in [-0.2, -0.15) is 13.2 Å². The topological polar surface area (TPSA) is 54.0 Å². The molecular weight excluding hydrogens is 362 g/mol. The van der Waals surface area contributed by atoms with Crippen molar-refractivity contribution in [2.24, 2.45) is 5.41 Å². The van der Waals surface area contributed by atoms with Crippen molar-refractivity contribution in [3.8, 4) is 11.3 Å². The van der Waals surface area contributed by atoms with Gasteiger partial charge in [-0.15, -0.1) is 0 Å². The number of hydrogen-bond acceptors (Lipinski definition) is 3. The molecule has 1 aromatic heterocycles. The molecule has 0 radical (unpaired) electrons. The van der Waals surface area contributed by atoms with E-state index < -0.39 is 17.6 Å². The molecule has 1 aromatic carbocycles. The molecule has 0 unspecified atom stereocenters. The summed E-state index contributed by atoms with van der Waals surface area (Å²) in [6, 6.07) is 6.08. The van der Waals surface area contributed by atoms with E-state index in [1.165, 1.54) is 19.2 Å². The first kappa shape index (κ1) is 20.7. The van der Waals surface area contributed by atoms with Crippen molar-refractivity contribution < 1.29 is 22.4 Å². The fraction of sp³-hybridized carbons (Fsp3) is 0.368. The highest BCUT2D eigenvalue weighted by molar-refractivity contribution is 5.72. The highest BCUT2D eigenvalue weighted by Gasteiger charge is 2.34. The van der Waals surface area contributed by atoms with Crippen LogP contribution in [0.5, 0.6) is 0 Å². The van der Waals surface area contributed by atoms with Crippen LogP contribution in [0.2, 0.25) is 0 Å². The van der Waals surface area contributed by atoms with E-state index in [0.717, 1.165) is 6.07 Å². The molecule has 2 aromatic rings. The first-order valence-electron chi connectivity index (χ1n) is 8.29. The van der Waals surface area contributed by atoms with Gasteiger partial charge in [0.1, 0.15) is 5.82 Å². The van der Waals surface area contributed by atoms with Crippen LogP contribution < -0.4 is 10.6 Å². The van der Waals surface area contributed by atoms with Gasteiger partial charge in [-0.3, -0.25) is 9.78 Å². The van der Waals surface area contributed by atoms with Gasteiger partial charge in [0.25, 0.3) is 0 Å². The number of hydrogen-bond donors (Lipinski definition) is 2. The second-order valence-corrected chi connectivity index (χ2v) is 7.05. The molecule has 0 atom stereocenters. The number of anilines is 1. The van der Waals surface area contributed by atoms with Gasteiger partial charge in [-0.1, -0.05) is 19.9 Å². The molecule has 4 nitrogen and oxygen atoms in total. The van der Waals surface area contributed by atoms with Crippen LogP contribution in [0.1, 0.15) is 26.3 Å². The summed E-state index contributed by atoms with van der Waals surface area (Å²) in [5.41, 5.74) is -0.236. The lowest BCUT2D eigenvalue weighted by atomic mass is 9.93. The van der Waals surface area contributed by atoms with Crippen LogP contribution >= 0.6 is 0 Å². The normalized spacial score (nSPS) is 12.0. The van der Waals surface area contributed by atoms with E-state index in [9.17, 15) is 22.4 Å². The smallest absolute Gasteiger partial charge is 0.384 e. The van der Waals surface area contributed by atoms with Crippen molar-refractivity contribution in [1.29, 1.82) is 0 Å². The predicted molar refractivity (Wildman–Crippen MR) is 95.6 cm³/mol. The number of carbonyl (C=O) groups is 1. The van der Waals surface area contributed by atoms with Crippen molar-refractivity contribution >= 4 is 11.6 Å². The van der Waals surface area contributed by atoms with E-state index in [2.05, 4.69) is 15.6 Å². The summed E-state index contributed by atoms with van der Waals surface area (Å²) in [6.45, 7) is 6.42. The summed E-state index contributed by atoms with van der Waals surface area (Å²) >= 11 is 0. The van der Waals surface area contributed by atoms with Crippen LogP contribution in [0, 0.1) is 11.2 Å². The summed E-state index contributed by atoms with van der Waals surface area (Å²) in [6.07, 6.45) is -3.24. The van der Waals surface area contributed by atoms with E-state index in [1.807, 2.05) is 13.8 Å². The second-order valence-electron chi connectivity index (χ2n) is 7.05. The standard InChI is InChI=1S/C19H21F4N3O/c1-12(27)25-10-18(2,3)11-26-14-6-7-24-17(9-14)13-4-5-15(16(20)8-13)19(21,22)23/h4-9H,10-11H2,1-3H3,(H,24,26)(H,25,27). The van der Waals surface area contributed by atoms with Crippen LogP contribution in [-0.2, 0) is 11.0 Å². The molecule has 1 amide bonds. The molecule has 2 rings (SSSR count). The molecule has 0 aliphatic heterocycles. The van der Waals surface area contributed by atoms with E-state index in [1.54, 1.807) is 12.1 Å². The number of carbonyl (C=O) groups excluding carboxylic acids is 1. The molecule has 8 heteroatoms. The molecule has 27 heavy (non-hydrogen) atoms. The number of amides is 1. The highest BCUT2D eigenvalue weighted by Crippen LogP contribution is 2.33. The predicted octanol–water partition coefficient (Wildman–Crippen LogP) is 4.48. The number of aromatic nitrogens is 1. The lowest BCUT2D eigenvalue weighted by Gasteiger charge is -2.25. The van der Waals surface area contributed by atoms with Gasteiger partial charge in [-0.25, -0.2) is 4.39 Å².